The smallest absolute Gasteiger partial charge is 0.422 e. The molecule has 1 rings (SSSR count). The number of aliphatic carboxylic acids is 1. The number of carboxylic acid groups (broad SMARTS) is 1. The summed E-state index contributed by atoms with van der Waals surface area (Å²) < 4.78 is 40.0. The fourth-order valence-electron chi connectivity index (χ4n) is 1.15. The van der Waals surface area contributed by atoms with Gasteiger partial charge in [0.1, 0.15) is 5.76 Å². The van der Waals surface area contributed by atoms with Crippen molar-refractivity contribution in [1.82, 2.24) is 0 Å². The highest BCUT2D eigenvalue weighted by Crippen LogP contribution is 2.25. The van der Waals surface area contributed by atoms with E-state index in [2.05, 4.69) is 11.3 Å². The summed E-state index contributed by atoms with van der Waals surface area (Å²) in [7, 11) is 0. The number of carbonyl (C=O) groups is 1. The van der Waals surface area contributed by atoms with Gasteiger partial charge >= 0.3 is 12.1 Å². The quantitative estimate of drug-likeness (QED) is 0.815. The first-order valence-electron chi connectivity index (χ1n) is 4.31. The Kier molecular flexibility index (Phi) is 3.41. The number of rotatable bonds is 3. The first kappa shape index (κ1) is 12.4. The maximum atomic E-state index is 11.8. The summed E-state index contributed by atoms with van der Waals surface area (Å²) in [5, 5.41) is 8.67. The minimum absolute atomic E-state index is 0.0145. The Morgan fingerprint density at radius 1 is 1.50 bits per heavy atom. The Labute approximate surface area is 89.5 Å². The van der Waals surface area contributed by atoms with Gasteiger partial charge in [0, 0.05) is 6.42 Å². The molecule has 0 spiro atoms. The number of ether oxygens (including phenoxy) is 1. The third-order valence-corrected chi connectivity index (χ3v) is 1.86. The topological polar surface area (TPSA) is 46.5 Å². The fourth-order valence-corrected chi connectivity index (χ4v) is 1.15. The maximum absolute atomic E-state index is 11.8. The lowest BCUT2D eigenvalue weighted by molar-refractivity contribution is -0.165. The van der Waals surface area contributed by atoms with E-state index in [1.807, 2.05) is 0 Å². The standard InChI is InChI=1S/C10H9F3O3/c1-6-4-7(16-5-10(11,12)13)2-3-8(6)9(14)15/h2-3H,1,4-5H2,(H,14,15). The lowest BCUT2D eigenvalue weighted by Crippen LogP contribution is -2.18. The van der Waals surface area contributed by atoms with Crippen LogP contribution >= 0.6 is 0 Å². The van der Waals surface area contributed by atoms with Gasteiger partial charge in [-0.2, -0.15) is 13.2 Å². The molecule has 0 fully saturated rings. The molecule has 0 radical (unpaired) electrons. The van der Waals surface area contributed by atoms with Gasteiger partial charge in [0.2, 0.25) is 0 Å². The maximum Gasteiger partial charge on any atom is 0.422 e. The summed E-state index contributed by atoms with van der Waals surface area (Å²) in [6.45, 7) is 2.07. The Morgan fingerprint density at radius 2 is 2.12 bits per heavy atom. The van der Waals surface area contributed by atoms with Crippen molar-refractivity contribution in [2.75, 3.05) is 6.61 Å². The average Bonchev–Trinajstić information content (AvgIpc) is 2.13. The molecule has 0 heterocycles. The Balaban J connectivity index is 2.66. The third-order valence-electron chi connectivity index (χ3n) is 1.86. The van der Waals surface area contributed by atoms with Gasteiger partial charge in [0.05, 0.1) is 5.57 Å². The minimum Gasteiger partial charge on any atom is -0.488 e. The van der Waals surface area contributed by atoms with Gasteiger partial charge in [-0.05, 0) is 17.7 Å². The van der Waals surface area contributed by atoms with Crippen molar-refractivity contribution in [3.05, 3.63) is 35.6 Å². The van der Waals surface area contributed by atoms with E-state index in [0.717, 1.165) is 0 Å². The molecule has 0 saturated heterocycles. The second-order valence-corrected chi connectivity index (χ2v) is 3.20. The molecule has 0 amide bonds. The zero-order valence-electron chi connectivity index (χ0n) is 8.17. The van der Waals surface area contributed by atoms with Crippen LogP contribution in [0, 0.1) is 0 Å². The van der Waals surface area contributed by atoms with Crippen LogP contribution in [-0.2, 0) is 9.53 Å². The first-order chi connectivity index (χ1) is 7.29. The van der Waals surface area contributed by atoms with E-state index in [1.54, 1.807) is 0 Å². The largest absolute Gasteiger partial charge is 0.488 e. The second-order valence-electron chi connectivity index (χ2n) is 3.20. The Bertz CT molecular complexity index is 377. The van der Waals surface area contributed by atoms with Crippen LogP contribution in [0.25, 0.3) is 0 Å². The summed E-state index contributed by atoms with van der Waals surface area (Å²) in [6.07, 6.45) is -2.03. The van der Waals surface area contributed by atoms with Crippen LogP contribution in [0.15, 0.2) is 35.6 Å². The molecule has 1 N–H and O–H groups in total. The van der Waals surface area contributed by atoms with Gasteiger partial charge in [-0.25, -0.2) is 4.79 Å². The molecule has 0 aliphatic heterocycles. The van der Waals surface area contributed by atoms with Gasteiger partial charge in [0.15, 0.2) is 6.61 Å². The first-order valence-corrected chi connectivity index (χ1v) is 4.31. The number of allylic oxidation sites excluding steroid dienone is 3. The molecule has 1 aliphatic carbocycles. The lowest BCUT2D eigenvalue weighted by Gasteiger charge is -2.16. The Morgan fingerprint density at radius 3 is 2.56 bits per heavy atom. The number of hydrogen-bond donors (Lipinski definition) is 1. The molecule has 88 valence electrons. The monoisotopic (exact) mass is 234 g/mol. The highest BCUT2D eigenvalue weighted by atomic mass is 19.4. The normalized spacial score (nSPS) is 16.6. The molecule has 0 bridgehead atoms. The van der Waals surface area contributed by atoms with Gasteiger partial charge in [0.25, 0.3) is 0 Å². The van der Waals surface area contributed by atoms with E-state index in [4.69, 9.17) is 5.11 Å². The molecule has 6 heteroatoms. The fraction of sp³-hybridized carbons (Fsp3) is 0.300. The van der Waals surface area contributed by atoms with Crippen molar-refractivity contribution in [3.63, 3.8) is 0 Å². The van der Waals surface area contributed by atoms with E-state index < -0.39 is 18.8 Å². The van der Waals surface area contributed by atoms with Gasteiger partial charge in [-0.3, -0.25) is 0 Å². The molecule has 0 unspecified atom stereocenters. The van der Waals surface area contributed by atoms with Crippen molar-refractivity contribution in [2.45, 2.75) is 12.6 Å². The Hall–Kier alpha value is -1.72. The van der Waals surface area contributed by atoms with Crippen LogP contribution in [0.2, 0.25) is 0 Å². The van der Waals surface area contributed by atoms with Crippen LogP contribution in [0.5, 0.6) is 0 Å². The molecule has 0 saturated carbocycles. The van der Waals surface area contributed by atoms with Crippen LogP contribution in [0.4, 0.5) is 13.2 Å². The average molecular weight is 234 g/mol. The highest BCUT2D eigenvalue weighted by molar-refractivity contribution is 5.92. The highest BCUT2D eigenvalue weighted by Gasteiger charge is 2.29. The number of alkyl halides is 3. The van der Waals surface area contributed by atoms with Crippen LogP contribution in [0.3, 0.4) is 0 Å². The molecular formula is C10H9F3O3. The number of halogens is 3. The molecule has 0 aromatic carbocycles. The van der Waals surface area contributed by atoms with Gasteiger partial charge < -0.3 is 9.84 Å². The van der Waals surface area contributed by atoms with E-state index in [9.17, 15) is 18.0 Å². The molecular weight excluding hydrogens is 225 g/mol. The molecule has 0 aromatic rings. The van der Waals surface area contributed by atoms with Crippen LogP contribution < -0.4 is 0 Å². The summed E-state index contributed by atoms with van der Waals surface area (Å²) in [6, 6.07) is 0. The van der Waals surface area contributed by atoms with Crippen molar-refractivity contribution in [1.29, 1.82) is 0 Å². The number of carboxylic acids is 1. The SMILES string of the molecule is C=C1CC(OCC(F)(F)F)=CC=C1C(=O)O. The molecule has 0 aromatic heterocycles. The van der Waals surface area contributed by atoms with Crippen molar-refractivity contribution < 1.29 is 27.8 Å². The summed E-state index contributed by atoms with van der Waals surface area (Å²) in [5.41, 5.74) is 0.214. The molecule has 1 aliphatic rings. The zero-order valence-corrected chi connectivity index (χ0v) is 8.17. The van der Waals surface area contributed by atoms with E-state index in [1.165, 1.54) is 12.2 Å². The lowest BCUT2D eigenvalue weighted by atomic mass is 9.99. The summed E-state index contributed by atoms with van der Waals surface area (Å²) in [5.74, 6) is -1.09. The van der Waals surface area contributed by atoms with Crippen molar-refractivity contribution >= 4 is 5.97 Å². The zero-order chi connectivity index (χ0) is 12.3. The minimum atomic E-state index is -4.40. The second kappa shape index (κ2) is 4.42. The van der Waals surface area contributed by atoms with Crippen LogP contribution in [-0.4, -0.2) is 23.9 Å². The van der Waals surface area contributed by atoms with Gasteiger partial charge in [-0.1, -0.05) is 6.58 Å². The van der Waals surface area contributed by atoms with E-state index >= 15 is 0 Å². The predicted molar refractivity (Wildman–Crippen MR) is 49.6 cm³/mol. The summed E-state index contributed by atoms with van der Waals surface area (Å²) >= 11 is 0. The molecule has 3 nitrogen and oxygen atoms in total. The molecule has 0 atom stereocenters. The van der Waals surface area contributed by atoms with E-state index in [0.29, 0.717) is 0 Å². The number of hydrogen-bond acceptors (Lipinski definition) is 2. The summed E-state index contributed by atoms with van der Waals surface area (Å²) in [4.78, 5) is 10.6. The molecule has 16 heavy (non-hydrogen) atoms. The van der Waals surface area contributed by atoms with Crippen molar-refractivity contribution in [3.8, 4) is 0 Å². The van der Waals surface area contributed by atoms with Crippen molar-refractivity contribution in [2.24, 2.45) is 0 Å². The predicted octanol–water partition coefficient (Wildman–Crippen LogP) is 2.42. The van der Waals surface area contributed by atoms with E-state index in [-0.39, 0.29) is 23.3 Å². The van der Waals surface area contributed by atoms with Gasteiger partial charge in [-0.15, -0.1) is 0 Å². The third kappa shape index (κ3) is 3.45. The van der Waals surface area contributed by atoms with Crippen LogP contribution in [0.1, 0.15) is 6.42 Å².